The van der Waals surface area contributed by atoms with E-state index in [1.807, 2.05) is 30.5 Å². The van der Waals surface area contributed by atoms with E-state index in [9.17, 15) is 0 Å². The maximum Gasteiger partial charge on any atom is 0.160 e. The van der Waals surface area contributed by atoms with Crippen molar-refractivity contribution in [2.45, 2.75) is 37.5 Å². The van der Waals surface area contributed by atoms with Crippen LogP contribution >= 0.6 is 0 Å². The second kappa shape index (κ2) is 11.8. The van der Waals surface area contributed by atoms with Gasteiger partial charge in [0.05, 0.1) is 11.4 Å². The van der Waals surface area contributed by atoms with Gasteiger partial charge < -0.3 is 0 Å². The zero-order valence-corrected chi connectivity index (χ0v) is 26.8. The van der Waals surface area contributed by atoms with E-state index >= 15 is 0 Å². The fourth-order valence-electron chi connectivity index (χ4n) is 8.11. The molecule has 48 heavy (non-hydrogen) atoms. The highest BCUT2D eigenvalue weighted by Gasteiger charge is 2.44. The molecule has 1 spiro atoms. The van der Waals surface area contributed by atoms with Gasteiger partial charge in [0.2, 0.25) is 0 Å². The number of rotatable bonds is 5. The SMILES string of the molecule is c1ccc(-c2nc(-c3ccc(-c4cccnc4)cc3)cc(-c3cccc(-c4cccc5c4-c4ccccc4C54CCCCC4)c3)n2)cc1. The Balaban J connectivity index is 1.16. The smallest absolute Gasteiger partial charge is 0.160 e. The van der Waals surface area contributed by atoms with Crippen molar-refractivity contribution in [1.29, 1.82) is 0 Å². The molecular formula is C45H35N3. The predicted octanol–water partition coefficient (Wildman–Crippen LogP) is 11.4. The first kappa shape index (κ1) is 28.5. The van der Waals surface area contributed by atoms with Crippen LogP contribution in [0.5, 0.6) is 0 Å². The Morgan fingerprint density at radius 3 is 1.90 bits per heavy atom. The number of fused-ring (bicyclic) bond motifs is 5. The van der Waals surface area contributed by atoms with Gasteiger partial charge in [-0.1, -0.05) is 141 Å². The summed E-state index contributed by atoms with van der Waals surface area (Å²) in [5.74, 6) is 0.721. The third-order valence-corrected chi connectivity index (χ3v) is 10.4. The fraction of sp³-hybridized carbons (Fsp3) is 0.133. The Bertz CT molecular complexity index is 2250. The molecule has 3 nitrogen and oxygen atoms in total. The molecule has 7 aromatic rings. The average molecular weight is 618 g/mol. The fourth-order valence-corrected chi connectivity index (χ4v) is 8.11. The van der Waals surface area contributed by atoms with Crippen LogP contribution in [-0.2, 0) is 5.41 Å². The van der Waals surface area contributed by atoms with Crippen molar-refractivity contribution in [2.24, 2.45) is 0 Å². The first-order chi connectivity index (χ1) is 23.8. The molecule has 230 valence electrons. The van der Waals surface area contributed by atoms with Crippen LogP contribution < -0.4 is 0 Å². The van der Waals surface area contributed by atoms with Gasteiger partial charge in [-0.2, -0.15) is 0 Å². The van der Waals surface area contributed by atoms with E-state index in [0.717, 1.165) is 45.0 Å². The van der Waals surface area contributed by atoms with Crippen LogP contribution in [0.15, 0.2) is 152 Å². The molecule has 0 unspecified atom stereocenters. The molecule has 0 amide bonds. The maximum absolute atomic E-state index is 5.16. The van der Waals surface area contributed by atoms with E-state index in [-0.39, 0.29) is 5.41 Å². The first-order valence-corrected chi connectivity index (χ1v) is 17.1. The molecule has 0 aliphatic heterocycles. The molecule has 0 saturated heterocycles. The third kappa shape index (κ3) is 4.86. The monoisotopic (exact) mass is 617 g/mol. The summed E-state index contributed by atoms with van der Waals surface area (Å²) in [5, 5.41) is 0. The number of aromatic nitrogens is 3. The van der Waals surface area contributed by atoms with Crippen LogP contribution in [0, 0.1) is 0 Å². The summed E-state index contributed by atoms with van der Waals surface area (Å²) < 4.78 is 0. The van der Waals surface area contributed by atoms with Crippen LogP contribution in [0.2, 0.25) is 0 Å². The van der Waals surface area contributed by atoms with Crippen molar-refractivity contribution in [3.63, 3.8) is 0 Å². The highest BCUT2D eigenvalue weighted by Crippen LogP contribution is 2.57. The normalized spacial score (nSPS) is 14.4. The molecule has 0 bridgehead atoms. The predicted molar refractivity (Wildman–Crippen MR) is 196 cm³/mol. The summed E-state index contributed by atoms with van der Waals surface area (Å²) in [6.07, 6.45) is 10.1. The maximum atomic E-state index is 5.16. The molecular weight excluding hydrogens is 583 g/mol. The zero-order valence-electron chi connectivity index (χ0n) is 26.8. The number of benzene rings is 5. The van der Waals surface area contributed by atoms with Crippen molar-refractivity contribution in [3.8, 4) is 67.3 Å². The second-order valence-corrected chi connectivity index (χ2v) is 13.1. The molecule has 1 saturated carbocycles. The number of hydrogen-bond acceptors (Lipinski definition) is 3. The molecule has 0 N–H and O–H groups in total. The number of pyridine rings is 1. The van der Waals surface area contributed by atoms with Gasteiger partial charge in [0.25, 0.3) is 0 Å². The number of hydrogen-bond donors (Lipinski definition) is 0. The largest absolute Gasteiger partial charge is 0.264 e. The van der Waals surface area contributed by atoms with Crippen LogP contribution in [0.3, 0.4) is 0 Å². The lowest BCUT2D eigenvalue weighted by atomic mass is 9.68. The van der Waals surface area contributed by atoms with Gasteiger partial charge in [0, 0.05) is 34.5 Å². The van der Waals surface area contributed by atoms with Crippen LogP contribution in [0.4, 0.5) is 0 Å². The lowest BCUT2D eigenvalue weighted by Gasteiger charge is -2.36. The van der Waals surface area contributed by atoms with Crippen LogP contribution in [-0.4, -0.2) is 15.0 Å². The molecule has 2 aromatic heterocycles. The van der Waals surface area contributed by atoms with Gasteiger partial charge in [-0.15, -0.1) is 0 Å². The molecule has 5 aromatic carbocycles. The Hall–Kier alpha value is -5.67. The quantitative estimate of drug-likeness (QED) is 0.193. The van der Waals surface area contributed by atoms with Gasteiger partial charge >= 0.3 is 0 Å². The lowest BCUT2D eigenvalue weighted by molar-refractivity contribution is 0.353. The van der Waals surface area contributed by atoms with Gasteiger partial charge in [-0.3, -0.25) is 4.98 Å². The minimum atomic E-state index is 0.135. The summed E-state index contributed by atoms with van der Waals surface area (Å²) in [7, 11) is 0. The van der Waals surface area contributed by atoms with Crippen LogP contribution in [0.1, 0.15) is 43.2 Å². The van der Waals surface area contributed by atoms with E-state index in [1.165, 1.54) is 65.5 Å². The second-order valence-electron chi connectivity index (χ2n) is 13.1. The highest BCUT2D eigenvalue weighted by atomic mass is 14.9. The molecule has 2 aliphatic carbocycles. The zero-order chi connectivity index (χ0) is 31.9. The van der Waals surface area contributed by atoms with Crippen molar-refractivity contribution in [2.75, 3.05) is 0 Å². The first-order valence-electron chi connectivity index (χ1n) is 17.1. The van der Waals surface area contributed by atoms with E-state index < -0.39 is 0 Å². The molecule has 3 heteroatoms. The lowest BCUT2D eigenvalue weighted by Crippen LogP contribution is -2.27. The van der Waals surface area contributed by atoms with Gasteiger partial charge in [0.1, 0.15) is 0 Å². The summed E-state index contributed by atoms with van der Waals surface area (Å²) in [5.41, 5.74) is 15.7. The Kier molecular flexibility index (Phi) is 7.04. The van der Waals surface area contributed by atoms with Gasteiger partial charge in [-0.25, -0.2) is 9.97 Å². The average Bonchev–Trinajstić information content (AvgIpc) is 3.44. The number of nitrogens with zero attached hydrogens (tertiary/aromatic N) is 3. The van der Waals surface area contributed by atoms with E-state index in [0.29, 0.717) is 0 Å². The standard InChI is InChI=1S/C45H35N3/c1-3-12-33(13-4-1)44-47-41(32-23-21-31(22-24-32)36-16-11-27-46-30-36)29-42(48-44)35-15-9-14-34(28-35)37-18-10-20-40-43(37)38-17-5-6-19-39(38)45(40)25-7-2-8-26-45/h1,3-6,9-24,27-30H,2,7-8,25-26H2. The minimum Gasteiger partial charge on any atom is -0.264 e. The third-order valence-electron chi connectivity index (χ3n) is 10.4. The minimum absolute atomic E-state index is 0.135. The topological polar surface area (TPSA) is 38.7 Å². The van der Waals surface area contributed by atoms with E-state index in [1.54, 1.807) is 6.20 Å². The summed E-state index contributed by atoms with van der Waals surface area (Å²) >= 11 is 0. The molecule has 0 atom stereocenters. The molecule has 2 heterocycles. The van der Waals surface area contributed by atoms with Crippen molar-refractivity contribution in [1.82, 2.24) is 15.0 Å². The molecule has 1 fully saturated rings. The molecule has 9 rings (SSSR count). The molecule has 0 radical (unpaired) electrons. The van der Waals surface area contributed by atoms with Crippen molar-refractivity contribution in [3.05, 3.63) is 163 Å². The Labute approximate surface area is 282 Å². The van der Waals surface area contributed by atoms with Crippen molar-refractivity contribution >= 4 is 0 Å². The molecule has 2 aliphatic rings. The highest BCUT2D eigenvalue weighted by molar-refractivity contribution is 5.93. The van der Waals surface area contributed by atoms with Gasteiger partial charge in [0.15, 0.2) is 5.82 Å². The van der Waals surface area contributed by atoms with Crippen molar-refractivity contribution < 1.29 is 0 Å². The van der Waals surface area contributed by atoms with Crippen LogP contribution in [0.25, 0.3) is 67.3 Å². The van der Waals surface area contributed by atoms with Gasteiger partial charge in [-0.05, 0) is 75.5 Å². The Morgan fingerprint density at radius 2 is 1.08 bits per heavy atom. The van der Waals surface area contributed by atoms with E-state index in [4.69, 9.17) is 9.97 Å². The summed E-state index contributed by atoms with van der Waals surface area (Å²) in [4.78, 5) is 14.5. The summed E-state index contributed by atoms with van der Waals surface area (Å²) in [6.45, 7) is 0. The van der Waals surface area contributed by atoms with E-state index in [2.05, 4.69) is 120 Å². The Morgan fingerprint density at radius 1 is 0.438 bits per heavy atom. The summed E-state index contributed by atoms with van der Waals surface area (Å²) in [6, 6.07) is 50.1.